The lowest BCUT2D eigenvalue weighted by Crippen LogP contribution is -2.40. The molecule has 0 aromatic rings. The molecule has 7 heteroatoms. The number of carbonyl (C=O) groups is 3. The average molecular weight is 376 g/mol. The van der Waals surface area contributed by atoms with E-state index in [0.29, 0.717) is 17.6 Å². The number of fused-ring (bicyclic) bond motifs is 1. The molecular weight excluding hydrogens is 352 g/mol. The molecule has 27 heavy (non-hydrogen) atoms. The smallest absolute Gasteiger partial charge is 0.337 e. The number of carbonyl (C=O) groups excluding carboxylic acids is 3. The van der Waals surface area contributed by atoms with Gasteiger partial charge in [-0.2, -0.15) is 0 Å². The number of aliphatic hydroxyl groups excluding tert-OH is 1. The van der Waals surface area contributed by atoms with Crippen LogP contribution in [-0.2, 0) is 28.6 Å². The van der Waals surface area contributed by atoms with Crippen molar-refractivity contribution in [3.8, 4) is 0 Å². The maximum absolute atomic E-state index is 12.7. The third-order valence-corrected chi connectivity index (χ3v) is 6.71. The van der Waals surface area contributed by atoms with Crippen LogP contribution in [0.4, 0.5) is 0 Å². The summed E-state index contributed by atoms with van der Waals surface area (Å²) in [7, 11) is 0. The summed E-state index contributed by atoms with van der Waals surface area (Å²) in [4.78, 5) is 36.4. The Morgan fingerprint density at radius 1 is 1.22 bits per heavy atom. The monoisotopic (exact) mass is 376 g/mol. The van der Waals surface area contributed by atoms with Crippen molar-refractivity contribution in [2.45, 2.75) is 46.5 Å². The van der Waals surface area contributed by atoms with Crippen LogP contribution in [0.5, 0.6) is 0 Å². The van der Waals surface area contributed by atoms with Crippen LogP contribution < -0.4 is 0 Å². The van der Waals surface area contributed by atoms with Crippen LogP contribution >= 0.6 is 0 Å². The normalized spacial score (nSPS) is 43.9. The first kappa shape index (κ1) is 18.2. The van der Waals surface area contributed by atoms with Crippen molar-refractivity contribution >= 4 is 17.7 Å². The third kappa shape index (κ3) is 2.55. The molecule has 2 aliphatic heterocycles. The van der Waals surface area contributed by atoms with Crippen LogP contribution in [0.15, 0.2) is 23.5 Å². The van der Waals surface area contributed by atoms with Gasteiger partial charge < -0.3 is 19.3 Å². The largest absolute Gasteiger partial charge is 0.462 e. The van der Waals surface area contributed by atoms with Gasteiger partial charge in [0.2, 0.25) is 0 Å². The fourth-order valence-corrected chi connectivity index (χ4v) is 5.52. The molecule has 0 bridgehead atoms. The lowest BCUT2D eigenvalue weighted by atomic mass is 9.71. The lowest BCUT2D eigenvalue weighted by Gasteiger charge is -2.34. The second-order valence-corrected chi connectivity index (χ2v) is 8.90. The number of hydrogen-bond donors (Lipinski definition) is 1. The Morgan fingerprint density at radius 2 is 1.93 bits per heavy atom. The number of Topliss-reactive ketones (excluding diaryl/α,β-unsaturated/α-hetero) is 1. The Labute approximate surface area is 157 Å². The number of hydrogen-bond acceptors (Lipinski definition) is 7. The maximum atomic E-state index is 12.7. The van der Waals surface area contributed by atoms with Crippen molar-refractivity contribution in [3.63, 3.8) is 0 Å². The van der Waals surface area contributed by atoms with Gasteiger partial charge in [-0.1, -0.05) is 20.8 Å². The number of rotatable bonds is 3. The van der Waals surface area contributed by atoms with E-state index in [1.165, 1.54) is 12.3 Å². The van der Waals surface area contributed by atoms with Gasteiger partial charge in [-0.15, -0.1) is 0 Å². The molecule has 2 aliphatic carbocycles. The van der Waals surface area contributed by atoms with Gasteiger partial charge in [0.25, 0.3) is 6.29 Å². The van der Waals surface area contributed by atoms with Crippen molar-refractivity contribution in [2.75, 3.05) is 6.61 Å². The lowest BCUT2D eigenvalue weighted by molar-refractivity contribution is -0.152. The molecule has 0 amide bonds. The van der Waals surface area contributed by atoms with Crippen LogP contribution in [0, 0.1) is 28.6 Å². The van der Waals surface area contributed by atoms with E-state index in [1.54, 1.807) is 6.92 Å². The van der Waals surface area contributed by atoms with Crippen molar-refractivity contribution < 1.29 is 33.7 Å². The van der Waals surface area contributed by atoms with Crippen molar-refractivity contribution in [3.05, 3.63) is 23.5 Å². The Bertz CT molecular complexity index is 792. The molecule has 3 fully saturated rings. The van der Waals surface area contributed by atoms with Crippen LogP contribution in [0.1, 0.15) is 34.1 Å². The van der Waals surface area contributed by atoms with Crippen molar-refractivity contribution in [1.29, 1.82) is 0 Å². The Balaban J connectivity index is 1.58. The Morgan fingerprint density at radius 3 is 2.56 bits per heavy atom. The van der Waals surface area contributed by atoms with E-state index in [4.69, 9.17) is 14.2 Å². The first-order chi connectivity index (χ1) is 12.6. The van der Waals surface area contributed by atoms with Gasteiger partial charge in [0, 0.05) is 23.0 Å². The Kier molecular flexibility index (Phi) is 3.83. The summed E-state index contributed by atoms with van der Waals surface area (Å²) in [6, 6.07) is 0. The first-order valence-electron chi connectivity index (χ1n) is 9.22. The topological polar surface area (TPSA) is 99.1 Å². The number of ether oxygens (including phenoxy) is 3. The molecule has 0 aromatic heterocycles. The van der Waals surface area contributed by atoms with Gasteiger partial charge in [-0.25, -0.2) is 9.59 Å². The summed E-state index contributed by atoms with van der Waals surface area (Å²) in [6.07, 6.45) is 1.42. The molecule has 0 spiro atoms. The first-order valence-corrected chi connectivity index (χ1v) is 9.22. The van der Waals surface area contributed by atoms with Gasteiger partial charge >= 0.3 is 11.9 Å². The number of ketones is 1. The zero-order valence-corrected chi connectivity index (χ0v) is 15.9. The molecule has 1 N–H and O–H groups in total. The fourth-order valence-electron chi connectivity index (χ4n) is 5.52. The standard InChI is InChI=1S/C20H24O7/c1-9-5-13(27-17(9)23)25-8-11-10(7-26-18(11)24)14-15-19(2,3)6-12(21)16(22)20(14,15)4/h5,8,10,12-15,21H,6-7H2,1-4H3/b11-8+/t10-,12-,13+,14-,15-,20-/m0/s1. The van der Waals surface area contributed by atoms with Gasteiger partial charge in [0.15, 0.2) is 5.78 Å². The number of cyclic esters (lactones) is 2. The highest BCUT2D eigenvalue weighted by atomic mass is 16.7. The SMILES string of the molecule is CC1=C[C@H](O/C=C2/C(=O)OC[C@@H]2[C@H]2[C@H]3C(C)(C)C[C@H](O)C(=O)[C@@]23C)OC1=O. The molecule has 4 rings (SSSR count). The molecule has 0 radical (unpaired) electrons. The van der Waals surface area contributed by atoms with E-state index in [2.05, 4.69) is 13.8 Å². The molecule has 1 saturated heterocycles. The van der Waals surface area contributed by atoms with Crippen LogP contribution in [0.25, 0.3) is 0 Å². The fraction of sp³-hybridized carbons (Fsp3) is 0.650. The van der Waals surface area contributed by atoms with Gasteiger partial charge in [-0.3, -0.25) is 4.79 Å². The van der Waals surface area contributed by atoms with Crippen molar-refractivity contribution in [1.82, 2.24) is 0 Å². The van der Waals surface area contributed by atoms with Crippen LogP contribution in [0.3, 0.4) is 0 Å². The quantitative estimate of drug-likeness (QED) is 0.453. The summed E-state index contributed by atoms with van der Waals surface area (Å²) in [5.41, 5.74) is -0.0887. The van der Waals surface area contributed by atoms with Crippen molar-refractivity contribution in [2.24, 2.45) is 28.6 Å². The maximum Gasteiger partial charge on any atom is 0.337 e. The highest BCUT2D eigenvalue weighted by Gasteiger charge is 2.76. The van der Waals surface area contributed by atoms with E-state index in [0.717, 1.165) is 0 Å². The minimum Gasteiger partial charge on any atom is -0.462 e. The second-order valence-electron chi connectivity index (χ2n) is 8.90. The molecule has 6 atom stereocenters. The van der Waals surface area contributed by atoms with Gasteiger partial charge in [0.05, 0.1) is 18.4 Å². The summed E-state index contributed by atoms with van der Waals surface area (Å²) >= 11 is 0. The highest BCUT2D eigenvalue weighted by Crippen LogP contribution is 2.73. The average Bonchev–Trinajstić information content (AvgIpc) is 2.89. The van der Waals surface area contributed by atoms with E-state index in [1.807, 2.05) is 6.92 Å². The second kappa shape index (κ2) is 5.67. The van der Waals surface area contributed by atoms with E-state index < -0.39 is 29.7 Å². The van der Waals surface area contributed by atoms with Crippen LogP contribution in [-0.4, -0.2) is 41.8 Å². The summed E-state index contributed by atoms with van der Waals surface area (Å²) in [6.45, 7) is 7.79. The zero-order chi connectivity index (χ0) is 19.7. The minimum absolute atomic E-state index is 0.0650. The number of aliphatic hydroxyl groups is 1. The molecule has 4 aliphatic rings. The highest BCUT2D eigenvalue weighted by molar-refractivity contribution is 5.95. The summed E-state index contributed by atoms with van der Waals surface area (Å²) in [5.74, 6) is -1.41. The third-order valence-electron chi connectivity index (χ3n) is 6.71. The molecule has 2 saturated carbocycles. The van der Waals surface area contributed by atoms with Gasteiger partial charge in [-0.05, 0) is 30.6 Å². The van der Waals surface area contributed by atoms with E-state index in [-0.39, 0.29) is 35.6 Å². The molecule has 7 nitrogen and oxygen atoms in total. The molecule has 0 unspecified atom stereocenters. The summed E-state index contributed by atoms with van der Waals surface area (Å²) in [5, 5.41) is 10.2. The van der Waals surface area contributed by atoms with E-state index >= 15 is 0 Å². The predicted molar refractivity (Wildman–Crippen MR) is 91.8 cm³/mol. The predicted octanol–water partition coefficient (Wildman–Crippen LogP) is 1.50. The molecule has 146 valence electrons. The zero-order valence-electron chi connectivity index (χ0n) is 15.9. The van der Waals surface area contributed by atoms with Gasteiger partial charge in [0.1, 0.15) is 6.10 Å². The Hall–Kier alpha value is -2.15. The molecule has 0 aromatic carbocycles. The van der Waals surface area contributed by atoms with Crippen LogP contribution in [0.2, 0.25) is 0 Å². The summed E-state index contributed by atoms with van der Waals surface area (Å²) < 4.78 is 15.7. The number of esters is 2. The molecular formula is C20H24O7. The molecule has 2 heterocycles. The minimum atomic E-state index is -0.973. The van der Waals surface area contributed by atoms with E-state index in [9.17, 15) is 19.5 Å².